The molecule has 0 aromatic heterocycles. The quantitative estimate of drug-likeness (QED) is 0.456. The summed E-state index contributed by atoms with van der Waals surface area (Å²) in [5, 5.41) is 16.4. The van der Waals surface area contributed by atoms with Crippen molar-refractivity contribution in [3.8, 4) is 5.75 Å². The topological polar surface area (TPSA) is 97.2 Å². The molecule has 0 radical (unpaired) electrons. The van der Waals surface area contributed by atoms with Gasteiger partial charge in [0.25, 0.3) is 5.91 Å². The first-order valence-corrected chi connectivity index (χ1v) is 9.29. The lowest BCUT2D eigenvalue weighted by molar-refractivity contribution is -0.125. The highest BCUT2D eigenvalue weighted by atomic mass is 35.5. The number of ether oxygens (including phenoxy) is 1. The minimum atomic E-state index is -0.531. The summed E-state index contributed by atoms with van der Waals surface area (Å²) < 4.78 is 5.30. The maximum absolute atomic E-state index is 12.5. The van der Waals surface area contributed by atoms with Crippen molar-refractivity contribution in [2.24, 2.45) is 5.16 Å². The van der Waals surface area contributed by atoms with E-state index in [1.54, 1.807) is 6.08 Å². The van der Waals surface area contributed by atoms with Crippen molar-refractivity contribution in [1.29, 1.82) is 0 Å². The number of halogens is 1. The predicted octanol–water partition coefficient (Wildman–Crippen LogP) is 3.16. The van der Waals surface area contributed by atoms with Crippen LogP contribution in [-0.4, -0.2) is 43.0 Å². The van der Waals surface area contributed by atoms with Crippen molar-refractivity contribution in [2.75, 3.05) is 20.3 Å². The number of phenols is 1. The number of esters is 1. The smallest absolute Gasteiger partial charge is 0.338 e. The minimum Gasteiger partial charge on any atom is -0.506 e. The van der Waals surface area contributed by atoms with Crippen LogP contribution in [0.3, 0.4) is 0 Å². The van der Waals surface area contributed by atoms with E-state index in [0.717, 1.165) is 12.8 Å². The molecule has 1 aromatic carbocycles. The average molecular weight is 407 g/mol. The molecule has 2 N–H and O–H groups in total. The van der Waals surface area contributed by atoms with Crippen LogP contribution in [0, 0.1) is 0 Å². The molecule has 1 aliphatic heterocycles. The number of hydrogen-bond acceptors (Lipinski definition) is 6. The molecule has 1 heterocycles. The average Bonchev–Trinajstić information content (AvgIpc) is 2.68. The Balaban J connectivity index is 2.37. The van der Waals surface area contributed by atoms with Crippen LogP contribution in [0.4, 0.5) is 0 Å². The van der Waals surface area contributed by atoms with Gasteiger partial charge in [0.15, 0.2) is 6.61 Å². The van der Waals surface area contributed by atoms with Gasteiger partial charge in [-0.15, -0.1) is 0 Å². The van der Waals surface area contributed by atoms with E-state index in [9.17, 15) is 14.7 Å². The highest BCUT2D eigenvalue weighted by Crippen LogP contribution is 2.31. The molecule has 0 aliphatic carbocycles. The molecular formula is C20H23ClN2O5. The Bertz CT molecular complexity index is 802. The van der Waals surface area contributed by atoms with Gasteiger partial charge in [0.1, 0.15) is 5.75 Å². The number of carbonyl (C=O) groups excluding carboxylic acids is 2. The number of phenolic OH excluding ortho intramolecular Hbond substituents is 1. The number of benzene rings is 1. The summed E-state index contributed by atoms with van der Waals surface area (Å²) in [7, 11) is 1.50. The van der Waals surface area contributed by atoms with Gasteiger partial charge in [-0.2, -0.15) is 0 Å². The van der Waals surface area contributed by atoms with E-state index in [1.165, 1.54) is 19.2 Å². The number of allylic oxidation sites excluding steroid dienone is 3. The molecule has 7 nitrogen and oxygen atoms in total. The van der Waals surface area contributed by atoms with Crippen molar-refractivity contribution >= 4 is 29.2 Å². The number of aromatic hydroxyl groups is 1. The second kappa shape index (κ2) is 11.1. The number of carbonyl (C=O) groups is 2. The van der Waals surface area contributed by atoms with E-state index in [2.05, 4.69) is 10.5 Å². The number of cyclic esters (lactones) is 1. The highest BCUT2D eigenvalue weighted by molar-refractivity contribution is 6.33. The SMILES string of the molecule is CNC(=O)CO/N=C1\C=C\CC/C=C/CCOC(=O)c2ccc(O)c(Cl)c2C1. The Labute approximate surface area is 168 Å². The van der Waals surface area contributed by atoms with Crippen LogP contribution in [0.5, 0.6) is 5.75 Å². The van der Waals surface area contributed by atoms with Crippen LogP contribution in [0.1, 0.15) is 35.2 Å². The number of nitrogens with one attached hydrogen (secondary N) is 1. The van der Waals surface area contributed by atoms with Crippen LogP contribution in [0.2, 0.25) is 5.02 Å². The van der Waals surface area contributed by atoms with Gasteiger partial charge in [-0.25, -0.2) is 4.79 Å². The van der Waals surface area contributed by atoms with E-state index >= 15 is 0 Å². The molecule has 1 aromatic rings. The molecule has 0 saturated carbocycles. The molecule has 0 spiro atoms. The van der Waals surface area contributed by atoms with Gasteiger partial charge in [0.2, 0.25) is 0 Å². The van der Waals surface area contributed by atoms with Crippen molar-refractivity contribution in [3.05, 3.63) is 52.6 Å². The molecule has 2 rings (SSSR count). The summed E-state index contributed by atoms with van der Waals surface area (Å²) in [6.45, 7) is 0.0124. The van der Waals surface area contributed by atoms with Crippen molar-refractivity contribution < 1.29 is 24.3 Å². The highest BCUT2D eigenvalue weighted by Gasteiger charge is 2.19. The maximum atomic E-state index is 12.5. The second-order valence-corrected chi connectivity index (χ2v) is 6.38. The Morgan fingerprint density at radius 1 is 1.29 bits per heavy atom. The van der Waals surface area contributed by atoms with E-state index in [-0.39, 0.29) is 41.9 Å². The second-order valence-electron chi connectivity index (χ2n) is 6.01. The fourth-order valence-corrected chi connectivity index (χ4v) is 2.70. The fraction of sp³-hybridized carbons (Fsp3) is 0.350. The normalized spacial score (nSPS) is 19.1. The zero-order chi connectivity index (χ0) is 20.4. The lowest BCUT2D eigenvalue weighted by Crippen LogP contribution is -2.22. The molecule has 8 heteroatoms. The Morgan fingerprint density at radius 3 is 2.82 bits per heavy atom. The third-order valence-electron chi connectivity index (χ3n) is 3.95. The van der Waals surface area contributed by atoms with E-state index in [1.807, 2.05) is 18.2 Å². The third-order valence-corrected chi connectivity index (χ3v) is 4.37. The van der Waals surface area contributed by atoms with E-state index < -0.39 is 5.97 Å². The monoisotopic (exact) mass is 406 g/mol. The standard InChI is InChI=1S/C20H23ClN2O5/c1-22-18(25)13-28-23-14-8-6-4-2-3-5-7-11-27-20(26)15-9-10-17(24)19(21)16(15)12-14/h3,5-6,8-10,24H,2,4,7,11-13H2,1H3,(H,22,25)/b5-3+,8-6+,23-14+. The molecule has 0 atom stereocenters. The molecule has 1 amide bonds. The first kappa shape index (κ1) is 21.5. The largest absolute Gasteiger partial charge is 0.506 e. The Kier molecular flexibility index (Phi) is 8.55. The predicted molar refractivity (Wildman–Crippen MR) is 107 cm³/mol. The lowest BCUT2D eigenvalue weighted by Gasteiger charge is -2.13. The molecule has 0 bridgehead atoms. The number of fused-ring (bicyclic) bond motifs is 1. The molecule has 0 fully saturated rings. The Morgan fingerprint density at radius 2 is 2.04 bits per heavy atom. The van der Waals surface area contributed by atoms with Crippen molar-refractivity contribution in [1.82, 2.24) is 5.32 Å². The number of likely N-dealkylation sites (N-methyl/N-ethyl adjacent to an activating group) is 1. The first-order chi connectivity index (χ1) is 13.5. The third kappa shape index (κ3) is 6.42. The zero-order valence-corrected chi connectivity index (χ0v) is 16.4. The summed E-state index contributed by atoms with van der Waals surface area (Å²) in [5.41, 5.74) is 1.08. The lowest BCUT2D eigenvalue weighted by atomic mass is 10.0. The Hall–Kier alpha value is -2.80. The molecule has 0 saturated heterocycles. The van der Waals surface area contributed by atoms with Gasteiger partial charge in [0.05, 0.1) is 22.9 Å². The molecule has 28 heavy (non-hydrogen) atoms. The van der Waals surface area contributed by atoms with E-state index in [0.29, 0.717) is 17.7 Å². The van der Waals surface area contributed by atoms with Gasteiger partial charge in [-0.1, -0.05) is 35.0 Å². The summed E-state index contributed by atoms with van der Waals surface area (Å²) in [4.78, 5) is 28.9. The summed E-state index contributed by atoms with van der Waals surface area (Å²) in [6, 6.07) is 2.81. The van der Waals surface area contributed by atoms with Crippen LogP contribution in [-0.2, 0) is 20.8 Å². The summed E-state index contributed by atoms with van der Waals surface area (Å²) >= 11 is 6.25. The van der Waals surface area contributed by atoms with Crippen LogP contribution in [0.15, 0.2) is 41.6 Å². The van der Waals surface area contributed by atoms with Crippen molar-refractivity contribution in [2.45, 2.75) is 25.7 Å². The van der Waals surface area contributed by atoms with Crippen LogP contribution >= 0.6 is 11.6 Å². The first-order valence-electron chi connectivity index (χ1n) is 8.91. The zero-order valence-electron chi connectivity index (χ0n) is 15.6. The van der Waals surface area contributed by atoms with Gasteiger partial charge < -0.3 is 20.0 Å². The van der Waals surface area contributed by atoms with Crippen LogP contribution in [0.25, 0.3) is 0 Å². The van der Waals surface area contributed by atoms with Crippen LogP contribution < -0.4 is 5.32 Å². The summed E-state index contributed by atoms with van der Waals surface area (Å²) in [6.07, 6.45) is 10.0. The maximum Gasteiger partial charge on any atom is 0.338 e. The van der Waals surface area contributed by atoms with E-state index in [4.69, 9.17) is 21.2 Å². The number of rotatable bonds is 3. The molecule has 0 unspecified atom stereocenters. The molecular weight excluding hydrogens is 384 g/mol. The van der Waals surface area contributed by atoms with Gasteiger partial charge >= 0.3 is 5.97 Å². The fourth-order valence-electron chi connectivity index (χ4n) is 2.47. The minimum absolute atomic E-state index is 0.0499. The van der Waals surface area contributed by atoms with Gasteiger partial charge in [0, 0.05) is 13.5 Å². The number of amides is 1. The molecule has 150 valence electrons. The van der Waals surface area contributed by atoms with Gasteiger partial charge in [-0.05, 0) is 43.0 Å². The molecule has 1 aliphatic rings. The summed E-state index contributed by atoms with van der Waals surface area (Å²) in [5.74, 6) is -0.997. The van der Waals surface area contributed by atoms with Gasteiger partial charge in [-0.3, -0.25) is 4.79 Å². The number of hydrogen-bond donors (Lipinski definition) is 2. The number of nitrogens with zero attached hydrogens (tertiary/aromatic N) is 1. The number of oxime groups is 1. The van der Waals surface area contributed by atoms with Crippen molar-refractivity contribution in [3.63, 3.8) is 0 Å².